The summed E-state index contributed by atoms with van der Waals surface area (Å²) in [5, 5.41) is 6.04. The van der Waals surface area contributed by atoms with E-state index in [1.165, 1.54) is 0 Å². The number of likely N-dealkylation sites (tertiary alicyclic amines) is 1. The molecule has 8 heteroatoms. The highest BCUT2D eigenvalue weighted by atomic mass is 16.2. The molecule has 0 radical (unpaired) electrons. The summed E-state index contributed by atoms with van der Waals surface area (Å²) >= 11 is 0. The van der Waals surface area contributed by atoms with Gasteiger partial charge in [0.1, 0.15) is 11.6 Å². The standard InChI is InChI=1S/C34H33N5O3/c1-22(40)26-20-30(35-21-26)34(42)36-27-14-11-23(12-15-27)9-10-25-13-16-28-29(18-25)38-33(37-28)31-8-5-17-39(31)32(41)19-24-6-3-2-4-7-24/h2-4,6-7,11-16,18,26,30-31,35H,5,8,17,19-21H2,1H3,(H,36,42)(H,37,38)/t26?,30-,31-/m0/s1. The minimum Gasteiger partial charge on any atom is -0.340 e. The number of Topliss-reactive ketones (excluding diaryl/α,β-unsaturated/α-hetero) is 1. The Kier molecular flexibility index (Phi) is 7.85. The molecule has 2 aliphatic heterocycles. The van der Waals surface area contributed by atoms with Crippen molar-refractivity contribution >= 4 is 34.3 Å². The van der Waals surface area contributed by atoms with Gasteiger partial charge >= 0.3 is 0 Å². The van der Waals surface area contributed by atoms with Gasteiger partial charge in [-0.2, -0.15) is 0 Å². The second-order valence-electron chi connectivity index (χ2n) is 11.1. The lowest BCUT2D eigenvalue weighted by Crippen LogP contribution is -2.35. The highest BCUT2D eigenvalue weighted by Crippen LogP contribution is 2.32. The lowest BCUT2D eigenvalue weighted by molar-refractivity contribution is -0.131. The van der Waals surface area contributed by atoms with Gasteiger partial charge in [0, 0.05) is 35.8 Å². The van der Waals surface area contributed by atoms with Crippen LogP contribution >= 0.6 is 0 Å². The second kappa shape index (κ2) is 12.0. The number of nitrogens with one attached hydrogen (secondary N) is 3. The van der Waals surface area contributed by atoms with Crippen molar-refractivity contribution in [3.63, 3.8) is 0 Å². The maximum atomic E-state index is 13.1. The number of H-pyrrole nitrogens is 1. The quantitative estimate of drug-likeness (QED) is 0.304. The molecule has 3 N–H and O–H groups in total. The van der Waals surface area contributed by atoms with Gasteiger partial charge < -0.3 is 20.5 Å². The van der Waals surface area contributed by atoms with Crippen molar-refractivity contribution < 1.29 is 14.4 Å². The van der Waals surface area contributed by atoms with Crippen LogP contribution in [-0.4, -0.2) is 51.6 Å². The first-order chi connectivity index (χ1) is 20.4. The summed E-state index contributed by atoms with van der Waals surface area (Å²) in [5.74, 6) is 7.22. The lowest BCUT2D eigenvalue weighted by atomic mass is 10.0. The number of hydrogen-bond acceptors (Lipinski definition) is 5. The van der Waals surface area contributed by atoms with Gasteiger partial charge in [-0.05, 0) is 74.2 Å². The molecule has 2 aliphatic rings. The Morgan fingerprint density at radius 3 is 2.52 bits per heavy atom. The van der Waals surface area contributed by atoms with Crippen molar-refractivity contribution in [1.29, 1.82) is 0 Å². The van der Waals surface area contributed by atoms with Crippen molar-refractivity contribution in [3.8, 4) is 11.8 Å². The number of hydrogen-bond donors (Lipinski definition) is 3. The van der Waals surface area contributed by atoms with E-state index in [9.17, 15) is 14.4 Å². The van der Waals surface area contributed by atoms with Crippen molar-refractivity contribution in [3.05, 3.63) is 95.3 Å². The van der Waals surface area contributed by atoms with E-state index in [4.69, 9.17) is 4.98 Å². The summed E-state index contributed by atoms with van der Waals surface area (Å²) in [6, 6.07) is 22.7. The fourth-order valence-electron chi connectivity index (χ4n) is 5.74. The molecule has 3 aromatic carbocycles. The molecule has 0 spiro atoms. The number of aromatic nitrogens is 2. The predicted octanol–water partition coefficient (Wildman–Crippen LogP) is 4.37. The van der Waals surface area contributed by atoms with Crippen LogP contribution in [0, 0.1) is 17.8 Å². The van der Waals surface area contributed by atoms with E-state index in [0.717, 1.165) is 52.9 Å². The van der Waals surface area contributed by atoms with Crippen LogP contribution in [-0.2, 0) is 20.8 Å². The maximum Gasteiger partial charge on any atom is 0.241 e. The number of carbonyl (C=O) groups excluding carboxylic acids is 3. The van der Waals surface area contributed by atoms with E-state index in [-0.39, 0.29) is 35.6 Å². The molecular weight excluding hydrogens is 526 g/mol. The van der Waals surface area contributed by atoms with E-state index >= 15 is 0 Å². The maximum absolute atomic E-state index is 13.1. The summed E-state index contributed by atoms with van der Waals surface area (Å²) in [6.45, 7) is 2.85. The molecule has 6 rings (SSSR count). The molecule has 42 heavy (non-hydrogen) atoms. The van der Waals surface area contributed by atoms with Crippen molar-refractivity contribution in [2.45, 2.75) is 44.7 Å². The van der Waals surface area contributed by atoms with Gasteiger partial charge in [-0.25, -0.2) is 4.98 Å². The molecule has 1 unspecified atom stereocenters. The molecule has 0 saturated carbocycles. The highest BCUT2D eigenvalue weighted by Gasteiger charge is 2.33. The van der Waals surface area contributed by atoms with Crippen LogP contribution < -0.4 is 10.6 Å². The van der Waals surface area contributed by atoms with E-state index in [2.05, 4.69) is 27.5 Å². The highest BCUT2D eigenvalue weighted by molar-refractivity contribution is 5.96. The average molecular weight is 560 g/mol. The van der Waals surface area contributed by atoms with Crippen LogP contribution in [0.3, 0.4) is 0 Å². The summed E-state index contributed by atoms with van der Waals surface area (Å²) in [7, 11) is 0. The van der Waals surface area contributed by atoms with Gasteiger partial charge in [0.2, 0.25) is 11.8 Å². The molecular formula is C34H33N5O3. The Morgan fingerprint density at radius 1 is 1.00 bits per heavy atom. The van der Waals surface area contributed by atoms with Gasteiger partial charge in [0.05, 0.1) is 29.5 Å². The molecule has 2 amide bonds. The molecule has 2 fully saturated rings. The van der Waals surface area contributed by atoms with Gasteiger partial charge in [0.15, 0.2) is 0 Å². The number of imidazole rings is 1. The Bertz CT molecular complexity index is 1680. The Balaban J connectivity index is 1.10. The summed E-state index contributed by atoms with van der Waals surface area (Å²) < 4.78 is 0. The fourth-order valence-corrected chi connectivity index (χ4v) is 5.74. The first-order valence-corrected chi connectivity index (χ1v) is 14.4. The predicted molar refractivity (Wildman–Crippen MR) is 162 cm³/mol. The summed E-state index contributed by atoms with van der Waals surface area (Å²) in [5.41, 5.74) is 5.13. The van der Waals surface area contributed by atoms with Crippen LogP contribution in [0.1, 0.15) is 54.7 Å². The fraction of sp³-hybridized carbons (Fsp3) is 0.294. The number of benzene rings is 3. The van der Waals surface area contributed by atoms with Crippen LogP contribution in [0.2, 0.25) is 0 Å². The van der Waals surface area contributed by atoms with Gasteiger partial charge in [-0.3, -0.25) is 14.4 Å². The second-order valence-corrected chi connectivity index (χ2v) is 11.1. The van der Waals surface area contributed by atoms with E-state index in [0.29, 0.717) is 25.1 Å². The molecule has 0 bridgehead atoms. The third-order valence-corrected chi connectivity index (χ3v) is 8.11. The number of fused-ring (bicyclic) bond motifs is 1. The van der Waals surface area contributed by atoms with Gasteiger partial charge in [-0.15, -0.1) is 0 Å². The van der Waals surface area contributed by atoms with Crippen LogP contribution in [0.25, 0.3) is 11.0 Å². The van der Waals surface area contributed by atoms with E-state index in [1.807, 2.05) is 77.7 Å². The largest absolute Gasteiger partial charge is 0.340 e. The third kappa shape index (κ3) is 6.12. The number of amides is 2. The number of ketones is 1. The number of carbonyl (C=O) groups is 3. The van der Waals surface area contributed by atoms with Crippen molar-refractivity contribution in [2.75, 3.05) is 18.4 Å². The molecule has 212 valence electrons. The summed E-state index contributed by atoms with van der Waals surface area (Å²) in [6.07, 6.45) is 2.76. The zero-order chi connectivity index (χ0) is 29.1. The molecule has 2 saturated heterocycles. The van der Waals surface area contributed by atoms with Crippen LogP contribution in [0.5, 0.6) is 0 Å². The average Bonchev–Trinajstić information content (AvgIpc) is 3.76. The Hall–Kier alpha value is -4.74. The van der Waals surface area contributed by atoms with E-state index < -0.39 is 0 Å². The number of aromatic amines is 1. The first kappa shape index (κ1) is 27.4. The third-order valence-electron chi connectivity index (χ3n) is 8.11. The number of rotatable bonds is 6. The summed E-state index contributed by atoms with van der Waals surface area (Å²) in [4.78, 5) is 47.4. The molecule has 8 nitrogen and oxygen atoms in total. The van der Waals surface area contributed by atoms with Crippen LogP contribution in [0.15, 0.2) is 72.8 Å². The monoisotopic (exact) mass is 559 g/mol. The molecule has 0 aliphatic carbocycles. The van der Waals surface area contributed by atoms with Crippen LogP contribution in [0.4, 0.5) is 5.69 Å². The zero-order valence-electron chi connectivity index (χ0n) is 23.5. The lowest BCUT2D eigenvalue weighted by Gasteiger charge is -2.23. The van der Waals surface area contributed by atoms with Gasteiger partial charge in [-0.1, -0.05) is 42.2 Å². The zero-order valence-corrected chi connectivity index (χ0v) is 23.5. The minimum absolute atomic E-state index is 0.0535. The smallest absolute Gasteiger partial charge is 0.241 e. The Morgan fingerprint density at radius 2 is 1.76 bits per heavy atom. The molecule has 4 aromatic rings. The number of nitrogens with zero attached hydrogens (tertiary/aromatic N) is 2. The topological polar surface area (TPSA) is 107 Å². The normalized spacial score (nSPS) is 19.8. The minimum atomic E-state index is -0.359. The Labute approximate surface area is 244 Å². The van der Waals surface area contributed by atoms with Gasteiger partial charge in [0.25, 0.3) is 0 Å². The SMILES string of the molecule is CC(=O)C1CN[C@H](C(=O)Nc2ccc(C#Cc3ccc4nc([C@@H]5CCCN5C(=O)Cc5ccccc5)[nH]c4c3)cc2)C1. The molecule has 1 aromatic heterocycles. The van der Waals surface area contributed by atoms with Crippen molar-refractivity contribution in [1.82, 2.24) is 20.2 Å². The first-order valence-electron chi connectivity index (χ1n) is 14.4. The molecule has 3 atom stereocenters. The number of anilines is 1. The van der Waals surface area contributed by atoms with E-state index in [1.54, 1.807) is 6.92 Å². The molecule has 3 heterocycles. The van der Waals surface area contributed by atoms with Crippen molar-refractivity contribution in [2.24, 2.45) is 5.92 Å².